The number of carbonyl (C=O) groups is 3. The third-order valence-corrected chi connectivity index (χ3v) is 3.40. The maximum atomic E-state index is 12.2. The number of morpholine rings is 1. The van der Waals surface area contributed by atoms with Crippen LogP contribution in [0.1, 0.15) is 12.8 Å². The van der Waals surface area contributed by atoms with E-state index in [2.05, 4.69) is 10.1 Å². The van der Waals surface area contributed by atoms with Crippen LogP contribution in [0.15, 0.2) is 0 Å². The van der Waals surface area contributed by atoms with E-state index in [1.807, 2.05) is 0 Å². The summed E-state index contributed by atoms with van der Waals surface area (Å²) >= 11 is 0. The predicted octanol–water partition coefficient (Wildman–Crippen LogP) is -1.09. The van der Waals surface area contributed by atoms with Gasteiger partial charge >= 0.3 is 5.97 Å². The number of esters is 1. The zero-order valence-corrected chi connectivity index (χ0v) is 10.9. The number of ether oxygens (including phenoxy) is 2. The van der Waals surface area contributed by atoms with Crippen molar-refractivity contribution in [1.82, 2.24) is 10.2 Å². The van der Waals surface area contributed by atoms with Gasteiger partial charge in [-0.1, -0.05) is 0 Å². The minimum absolute atomic E-state index is 0.0449. The molecular weight excluding hydrogens is 252 g/mol. The SMILES string of the molecule is COC(=O)CC1CN(C(=O)C2CNC(=O)C2)CCO1. The van der Waals surface area contributed by atoms with Crippen molar-refractivity contribution in [2.75, 3.05) is 33.4 Å². The van der Waals surface area contributed by atoms with Gasteiger partial charge in [-0.3, -0.25) is 14.4 Å². The summed E-state index contributed by atoms with van der Waals surface area (Å²) in [4.78, 5) is 36.2. The van der Waals surface area contributed by atoms with Crippen LogP contribution in [-0.2, 0) is 23.9 Å². The summed E-state index contributed by atoms with van der Waals surface area (Å²) in [5.74, 6) is -0.768. The largest absolute Gasteiger partial charge is 0.469 e. The molecule has 2 heterocycles. The molecular formula is C12H18N2O5. The van der Waals surface area contributed by atoms with Crippen LogP contribution in [0.3, 0.4) is 0 Å². The van der Waals surface area contributed by atoms with E-state index in [1.54, 1.807) is 4.90 Å². The minimum atomic E-state index is -0.350. The van der Waals surface area contributed by atoms with E-state index in [0.717, 1.165) is 0 Å². The fraction of sp³-hybridized carbons (Fsp3) is 0.750. The second-order valence-corrected chi connectivity index (χ2v) is 4.76. The molecule has 0 radical (unpaired) electrons. The second kappa shape index (κ2) is 6.01. The van der Waals surface area contributed by atoms with Crippen LogP contribution >= 0.6 is 0 Å². The van der Waals surface area contributed by atoms with Gasteiger partial charge in [0.2, 0.25) is 11.8 Å². The van der Waals surface area contributed by atoms with Crippen molar-refractivity contribution < 1.29 is 23.9 Å². The molecule has 2 aliphatic rings. The molecule has 19 heavy (non-hydrogen) atoms. The van der Waals surface area contributed by atoms with Gasteiger partial charge in [0.25, 0.3) is 0 Å². The van der Waals surface area contributed by atoms with Gasteiger partial charge in [0, 0.05) is 26.1 Å². The molecule has 0 aromatic carbocycles. The molecule has 2 amide bonds. The Morgan fingerprint density at radius 1 is 1.53 bits per heavy atom. The average Bonchev–Trinajstić information content (AvgIpc) is 2.84. The molecule has 0 spiro atoms. The quantitative estimate of drug-likeness (QED) is 0.659. The first-order valence-corrected chi connectivity index (χ1v) is 6.34. The molecule has 0 saturated carbocycles. The lowest BCUT2D eigenvalue weighted by Gasteiger charge is -2.33. The summed E-state index contributed by atoms with van der Waals surface area (Å²) in [6.45, 7) is 1.68. The van der Waals surface area contributed by atoms with Gasteiger partial charge in [-0.2, -0.15) is 0 Å². The first-order valence-electron chi connectivity index (χ1n) is 6.34. The predicted molar refractivity (Wildman–Crippen MR) is 64.1 cm³/mol. The summed E-state index contributed by atoms with van der Waals surface area (Å²) in [5, 5.41) is 2.65. The van der Waals surface area contributed by atoms with E-state index in [4.69, 9.17) is 4.74 Å². The van der Waals surface area contributed by atoms with E-state index >= 15 is 0 Å². The number of methoxy groups -OCH3 is 1. The van der Waals surface area contributed by atoms with Gasteiger partial charge in [-0.15, -0.1) is 0 Å². The number of carbonyl (C=O) groups excluding carboxylic acids is 3. The number of amides is 2. The Morgan fingerprint density at radius 2 is 2.32 bits per heavy atom. The Balaban J connectivity index is 1.88. The molecule has 7 nitrogen and oxygen atoms in total. The molecule has 2 fully saturated rings. The van der Waals surface area contributed by atoms with Gasteiger partial charge in [-0.05, 0) is 0 Å². The molecule has 0 aliphatic carbocycles. The normalized spacial score (nSPS) is 27.0. The molecule has 0 aromatic rings. The van der Waals surface area contributed by atoms with Crippen LogP contribution in [-0.4, -0.2) is 62.1 Å². The van der Waals surface area contributed by atoms with E-state index in [0.29, 0.717) is 26.2 Å². The highest BCUT2D eigenvalue weighted by Gasteiger charge is 2.34. The van der Waals surface area contributed by atoms with E-state index in [1.165, 1.54) is 7.11 Å². The molecule has 2 saturated heterocycles. The molecule has 2 aliphatic heterocycles. The van der Waals surface area contributed by atoms with E-state index in [9.17, 15) is 14.4 Å². The molecule has 0 aromatic heterocycles. The summed E-state index contributed by atoms with van der Waals surface area (Å²) in [6, 6.07) is 0. The van der Waals surface area contributed by atoms with Crippen molar-refractivity contribution in [2.24, 2.45) is 5.92 Å². The standard InChI is InChI=1S/C12H18N2O5/c1-18-11(16)5-9-7-14(2-3-19-9)12(17)8-4-10(15)13-6-8/h8-9H,2-7H2,1H3,(H,13,15). The number of nitrogens with one attached hydrogen (secondary N) is 1. The zero-order chi connectivity index (χ0) is 13.8. The van der Waals surface area contributed by atoms with E-state index < -0.39 is 0 Å². The average molecular weight is 270 g/mol. The van der Waals surface area contributed by atoms with Crippen molar-refractivity contribution in [2.45, 2.75) is 18.9 Å². The van der Waals surface area contributed by atoms with Gasteiger partial charge in [0.15, 0.2) is 0 Å². The van der Waals surface area contributed by atoms with Crippen molar-refractivity contribution in [3.63, 3.8) is 0 Å². The summed E-state index contributed by atoms with van der Waals surface area (Å²) in [5.41, 5.74) is 0. The highest BCUT2D eigenvalue weighted by Crippen LogP contribution is 2.16. The first kappa shape index (κ1) is 13.8. The molecule has 2 unspecified atom stereocenters. The van der Waals surface area contributed by atoms with Gasteiger partial charge in [-0.25, -0.2) is 0 Å². The lowest BCUT2D eigenvalue weighted by atomic mass is 10.1. The topological polar surface area (TPSA) is 84.9 Å². The highest BCUT2D eigenvalue weighted by molar-refractivity contribution is 5.89. The van der Waals surface area contributed by atoms with Gasteiger partial charge in [0.1, 0.15) is 0 Å². The smallest absolute Gasteiger partial charge is 0.308 e. The lowest BCUT2D eigenvalue weighted by Crippen LogP contribution is -2.48. The van der Waals surface area contributed by atoms with Crippen LogP contribution in [0, 0.1) is 5.92 Å². The van der Waals surface area contributed by atoms with Gasteiger partial charge in [0.05, 0.1) is 32.2 Å². The summed E-state index contributed by atoms with van der Waals surface area (Å²) < 4.78 is 10.0. The lowest BCUT2D eigenvalue weighted by molar-refractivity contribution is -0.151. The monoisotopic (exact) mass is 270 g/mol. The van der Waals surface area contributed by atoms with Crippen molar-refractivity contribution in [3.05, 3.63) is 0 Å². The third-order valence-electron chi connectivity index (χ3n) is 3.40. The fourth-order valence-electron chi connectivity index (χ4n) is 2.35. The molecule has 2 atom stereocenters. The number of hydrogen-bond donors (Lipinski definition) is 1. The van der Waals surface area contributed by atoms with Crippen molar-refractivity contribution in [1.29, 1.82) is 0 Å². The molecule has 7 heteroatoms. The Morgan fingerprint density at radius 3 is 2.95 bits per heavy atom. The molecule has 0 bridgehead atoms. The van der Waals surface area contributed by atoms with Crippen molar-refractivity contribution in [3.8, 4) is 0 Å². The molecule has 106 valence electrons. The van der Waals surface area contributed by atoms with Crippen LogP contribution in [0.2, 0.25) is 0 Å². The fourth-order valence-corrected chi connectivity index (χ4v) is 2.35. The van der Waals surface area contributed by atoms with Crippen LogP contribution in [0.5, 0.6) is 0 Å². The Labute approximate surface area is 111 Å². The maximum absolute atomic E-state index is 12.2. The van der Waals surface area contributed by atoms with Gasteiger partial charge < -0.3 is 19.7 Å². The third kappa shape index (κ3) is 3.44. The van der Waals surface area contributed by atoms with Crippen LogP contribution in [0.25, 0.3) is 0 Å². The Bertz CT molecular complexity index is 384. The Hall–Kier alpha value is -1.63. The highest BCUT2D eigenvalue weighted by atomic mass is 16.5. The van der Waals surface area contributed by atoms with Crippen molar-refractivity contribution >= 4 is 17.8 Å². The first-order chi connectivity index (χ1) is 9.10. The number of rotatable bonds is 3. The minimum Gasteiger partial charge on any atom is -0.469 e. The summed E-state index contributed by atoms with van der Waals surface area (Å²) in [7, 11) is 1.32. The zero-order valence-electron chi connectivity index (χ0n) is 10.9. The molecule has 2 rings (SSSR count). The number of hydrogen-bond acceptors (Lipinski definition) is 5. The Kier molecular flexibility index (Phi) is 4.36. The molecule has 1 N–H and O–H groups in total. The summed E-state index contributed by atoms with van der Waals surface area (Å²) in [6.07, 6.45) is 0.0650. The maximum Gasteiger partial charge on any atom is 0.308 e. The van der Waals surface area contributed by atoms with E-state index in [-0.39, 0.29) is 42.6 Å². The second-order valence-electron chi connectivity index (χ2n) is 4.76. The number of nitrogens with zero attached hydrogens (tertiary/aromatic N) is 1. The van der Waals surface area contributed by atoms with Crippen LogP contribution < -0.4 is 5.32 Å². The van der Waals surface area contributed by atoms with Crippen LogP contribution in [0.4, 0.5) is 0 Å².